The molecule has 0 aliphatic carbocycles. The number of nitrogens with two attached hydrogens (primary N) is 2. The molecule has 0 saturated carbocycles. The summed E-state index contributed by atoms with van der Waals surface area (Å²) in [6.07, 6.45) is 0.781. The first-order valence-corrected chi connectivity index (χ1v) is 8.59. The molecule has 0 aliphatic rings. The minimum Gasteiger partial charge on any atom is -0.378 e. The lowest BCUT2D eigenvalue weighted by Crippen LogP contribution is -2.36. The molecule has 0 unspecified atom stereocenters. The van der Waals surface area contributed by atoms with Gasteiger partial charge in [-0.05, 0) is 0 Å². The van der Waals surface area contributed by atoms with Crippen LogP contribution in [0.4, 0.5) is 23.3 Å². The Kier molecular flexibility index (Phi) is 4.83. The molecule has 4 N–H and O–H groups in total. The van der Waals surface area contributed by atoms with Crippen LogP contribution in [-0.2, 0) is 10.0 Å². The Morgan fingerprint density at radius 1 is 1.24 bits per heavy atom. The summed E-state index contributed by atoms with van der Waals surface area (Å²) in [5.41, 5.74) is 10.3. The summed E-state index contributed by atoms with van der Waals surface area (Å²) >= 11 is 0. The Balaban J connectivity index is 2.57. The summed E-state index contributed by atoms with van der Waals surface area (Å²) in [6, 6.07) is 7.85. The molecule has 0 atom stereocenters. The molecule has 25 heavy (non-hydrogen) atoms. The molecule has 0 bridgehead atoms. The largest absolute Gasteiger partial charge is 0.378 e. The highest BCUT2D eigenvalue weighted by atomic mass is 32.2. The summed E-state index contributed by atoms with van der Waals surface area (Å²) in [4.78, 5) is 29.7. The molecule has 0 saturated heterocycles. The number of Topliss-reactive ketones (excluding diaryl/α,β-unsaturated/α-hetero) is 1. The number of nitro groups is 1. The fourth-order valence-electron chi connectivity index (χ4n) is 2.02. The zero-order valence-electron chi connectivity index (χ0n) is 13.0. The molecule has 2 aromatic rings. The Morgan fingerprint density at radius 3 is 2.36 bits per heavy atom. The van der Waals surface area contributed by atoms with Gasteiger partial charge in [0.15, 0.2) is 5.78 Å². The van der Waals surface area contributed by atoms with Gasteiger partial charge >= 0.3 is 5.69 Å². The van der Waals surface area contributed by atoms with Crippen LogP contribution < -0.4 is 15.8 Å². The SMILES string of the molecule is CS(=O)(=O)N(CC(=O)c1ccccc1)c1nc(N)nc(N)c1[N+](=O)[O-]. The zero-order valence-corrected chi connectivity index (χ0v) is 13.8. The Morgan fingerprint density at radius 2 is 1.84 bits per heavy atom. The molecule has 11 nitrogen and oxygen atoms in total. The van der Waals surface area contributed by atoms with Crippen molar-refractivity contribution in [1.29, 1.82) is 0 Å². The van der Waals surface area contributed by atoms with Crippen LogP contribution in [0.25, 0.3) is 0 Å². The third-order valence-electron chi connectivity index (χ3n) is 3.11. The Labute approximate surface area is 142 Å². The molecule has 12 heteroatoms. The molecule has 132 valence electrons. The Bertz CT molecular complexity index is 931. The van der Waals surface area contributed by atoms with Gasteiger partial charge in [-0.1, -0.05) is 30.3 Å². The van der Waals surface area contributed by atoms with Crippen LogP contribution in [0.15, 0.2) is 30.3 Å². The van der Waals surface area contributed by atoms with Crippen LogP contribution in [-0.4, -0.2) is 41.9 Å². The minimum absolute atomic E-state index is 0.230. The number of benzene rings is 1. The van der Waals surface area contributed by atoms with E-state index in [2.05, 4.69) is 9.97 Å². The molecule has 1 heterocycles. The lowest BCUT2D eigenvalue weighted by atomic mass is 10.1. The molecule has 1 aromatic carbocycles. The average Bonchev–Trinajstić information content (AvgIpc) is 2.50. The molecular weight excluding hydrogens is 352 g/mol. The lowest BCUT2D eigenvalue weighted by Gasteiger charge is -2.20. The van der Waals surface area contributed by atoms with Gasteiger partial charge in [-0.15, -0.1) is 0 Å². The van der Waals surface area contributed by atoms with Gasteiger partial charge in [0.2, 0.25) is 27.6 Å². The maximum Gasteiger partial charge on any atom is 0.354 e. The van der Waals surface area contributed by atoms with Gasteiger partial charge < -0.3 is 11.5 Å². The predicted octanol–water partition coefficient (Wildman–Crippen LogP) is 0.198. The van der Waals surface area contributed by atoms with Crippen LogP contribution in [0.3, 0.4) is 0 Å². The summed E-state index contributed by atoms with van der Waals surface area (Å²) in [5.74, 6) is -2.31. The fraction of sp³-hybridized carbons (Fsp3) is 0.154. The number of aromatic nitrogens is 2. The zero-order chi connectivity index (χ0) is 18.8. The second-order valence-corrected chi connectivity index (χ2v) is 6.86. The molecule has 0 fully saturated rings. The number of ketones is 1. The number of hydrogen-bond donors (Lipinski definition) is 2. The fourth-order valence-corrected chi connectivity index (χ4v) is 2.81. The average molecular weight is 366 g/mol. The lowest BCUT2D eigenvalue weighted by molar-refractivity contribution is -0.383. The van der Waals surface area contributed by atoms with Gasteiger partial charge in [-0.2, -0.15) is 9.97 Å². The van der Waals surface area contributed by atoms with E-state index < -0.39 is 50.5 Å². The highest BCUT2D eigenvalue weighted by Gasteiger charge is 2.33. The third kappa shape index (κ3) is 3.98. The van der Waals surface area contributed by atoms with Gasteiger partial charge in [-0.3, -0.25) is 14.9 Å². The quantitative estimate of drug-likeness (QED) is 0.410. The maximum atomic E-state index is 12.3. The van der Waals surface area contributed by atoms with E-state index in [0.717, 1.165) is 6.26 Å². The molecule has 0 radical (unpaired) electrons. The first kappa shape index (κ1) is 18.1. The van der Waals surface area contributed by atoms with E-state index in [0.29, 0.717) is 4.31 Å². The second-order valence-electron chi connectivity index (χ2n) is 4.96. The summed E-state index contributed by atoms with van der Waals surface area (Å²) < 4.78 is 24.7. The van der Waals surface area contributed by atoms with Crippen LogP contribution in [0.1, 0.15) is 10.4 Å². The first-order valence-electron chi connectivity index (χ1n) is 6.74. The van der Waals surface area contributed by atoms with Gasteiger partial charge in [0.25, 0.3) is 0 Å². The molecule has 2 rings (SSSR count). The predicted molar refractivity (Wildman–Crippen MR) is 90.5 cm³/mol. The number of anilines is 3. The number of carbonyl (C=O) groups excluding carboxylic acids is 1. The molecule has 0 spiro atoms. The topological polar surface area (TPSA) is 175 Å². The van der Waals surface area contributed by atoms with Crippen LogP contribution in [0, 0.1) is 10.1 Å². The number of rotatable bonds is 6. The summed E-state index contributed by atoms with van der Waals surface area (Å²) in [5, 5.41) is 11.2. The molecule has 0 amide bonds. The van der Waals surface area contributed by atoms with Crippen molar-refractivity contribution >= 4 is 39.1 Å². The van der Waals surface area contributed by atoms with Crippen molar-refractivity contribution in [2.24, 2.45) is 0 Å². The highest BCUT2D eigenvalue weighted by Crippen LogP contribution is 2.32. The van der Waals surface area contributed by atoms with Crippen LogP contribution in [0.5, 0.6) is 0 Å². The van der Waals surface area contributed by atoms with Crippen LogP contribution in [0.2, 0.25) is 0 Å². The van der Waals surface area contributed by atoms with E-state index in [1.807, 2.05) is 0 Å². The van der Waals surface area contributed by atoms with Gasteiger partial charge in [0, 0.05) is 5.56 Å². The van der Waals surface area contributed by atoms with Crippen molar-refractivity contribution in [2.75, 3.05) is 28.6 Å². The van der Waals surface area contributed by atoms with E-state index in [-0.39, 0.29) is 5.56 Å². The normalized spacial score (nSPS) is 11.1. The van der Waals surface area contributed by atoms with Crippen molar-refractivity contribution in [2.45, 2.75) is 0 Å². The van der Waals surface area contributed by atoms with E-state index in [1.165, 1.54) is 12.1 Å². The maximum absolute atomic E-state index is 12.3. The molecular formula is C13H14N6O5S. The number of carbonyl (C=O) groups is 1. The van der Waals surface area contributed by atoms with Crippen LogP contribution >= 0.6 is 0 Å². The van der Waals surface area contributed by atoms with Crippen molar-refractivity contribution in [1.82, 2.24) is 9.97 Å². The van der Waals surface area contributed by atoms with E-state index in [1.54, 1.807) is 18.2 Å². The number of hydrogen-bond acceptors (Lipinski definition) is 9. The van der Waals surface area contributed by atoms with Crippen molar-refractivity contribution in [3.8, 4) is 0 Å². The number of sulfonamides is 1. The molecule has 1 aromatic heterocycles. The van der Waals surface area contributed by atoms with Gasteiger partial charge in [0.05, 0.1) is 17.7 Å². The second kappa shape index (κ2) is 6.68. The van der Waals surface area contributed by atoms with E-state index in [4.69, 9.17) is 11.5 Å². The summed E-state index contributed by atoms with van der Waals surface area (Å²) in [7, 11) is -4.10. The van der Waals surface area contributed by atoms with Gasteiger partial charge in [0.1, 0.15) is 0 Å². The van der Waals surface area contributed by atoms with E-state index >= 15 is 0 Å². The van der Waals surface area contributed by atoms with Crippen molar-refractivity contribution in [3.05, 3.63) is 46.0 Å². The monoisotopic (exact) mass is 366 g/mol. The van der Waals surface area contributed by atoms with Crippen molar-refractivity contribution < 1.29 is 18.1 Å². The minimum atomic E-state index is -4.10. The standard InChI is InChI=1S/C13H14N6O5S/c1-25(23,24)18(7-9(20)8-5-3-2-4-6-8)12-10(19(21)22)11(14)16-13(15)17-12/h2-6H,7H2,1H3,(H4,14,15,16,17). The van der Waals surface area contributed by atoms with Crippen molar-refractivity contribution in [3.63, 3.8) is 0 Å². The number of nitrogens with zero attached hydrogens (tertiary/aromatic N) is 4. The summed E-state index contributed by atoms with van der Waals surface area (Å²) in [6.45, 7) is -0.709. The Hall–Kier alpha value is -3.28. The van der Waals surface area contributed by atoms with Gasteiger partial charge in [-0.25, -0.2) is 12.7 Å². The first-order chi connectivity index (χ1) is 11.6. The molecule has 0 aliphatic heterocycles. The number of nitrogen functional groups attached to an aromatic ring is 2. The van der Waals surface area contributed by atoms with E-state index in [9.17, 15) is 23.3 Å². The highest BCUT2D eigenvalue weighted by molar-refractivity contribution is 7.92. The third-order valence-corrected chi connectivity index (χ3v) is 4.21. The smallest absolute Gasteiger partial charge is 0.354 e.